The maximum absolute atomic E-state index is 3.44. The van der Waals surface area contributed by atoms with Crippen LogP contribution >= 0.6 is 11.3 Å². The Morgan fingerprint density at radius 3 is 2.40 bits per heavy atom. The van der Waals surface area contributed by atoms with Gasteiger partial charge < -0.3 is 24.8 Å². The number of allylic oxidation sites excluding steroid dienone is 4. The summed E-state index contributed by atoms with van der Waals surface area (Å²) in [5.41, 5.74) is 2.69. The molecule has 1 unspecified atom stereocenters. The summed E-state index contributed by atoms with van der Waals surface area (Å²) in [6.45, 7) is 4.35. The van der Waals surface area contributed by atoms with Crippen LogP contribution < -0.4 is 24.8 Å². The first-order valence-electron chi connectivity index (χ1n) is 4.13. The number of hydrogen-bond acceptors (Lipinski definition) is 1. The van der Waals surface area contributed by atoms with Crippen LogP contribution in [0, 0.1) is 12.0 Å². The number of thiophene rings is 1. The third kappa shape index (κ3) is 4.19. The van der Waals surface area contributed by atoms with Gasteiger partial charge in [0.15, 0.2) is 0 Å². The molecular formula is C11H11Cl2SZr. The van der Waals surface area contributed by atoms with E-state index >= 15 is 0 Å². The summed E-state index contributed by atoms with van der Waals surface area (Å²) >= 11 is 1.78. The molecule has 4 heteroatoms. The maximum atomic E-state index is 3.44. The Labute approximate surface area is 127 Å². The van der Waals surface area contributed by atoms with Crippen molar-refractivity contribution in [2.24, 2.45) is 5.92 Å². The van der Waals surface area contributed by atoms with E-state index in [4.69, 9.17) is 0 Å². The molecule has 79 valence electrons. The molecule has 1 aliphatic rings. The summed E-state index contributed by atoms with van der Waals surface area (Å²) in [6.07, 6.45) is 5.67. The zero-order chi connectivity index (χ0) is 8.55. The molecule has 0 spiro atoms. The van der Waals surface area contributed by atoms with Crippen LogP contribution in [-0.2, 0) is 26.2 Å². The SMILES string of the molecule is CC1=CC(c2cccs2)=[C-]C1C.[Cl-].[Cl-].[Zr+3]. The van der Waals surface area contributed by atoms with E-state index in [2.05, 4.69) is 43.5 Å². The summed E-state index contributed by atoms with van der Waals surface area (Å²) in [6, 6.07) is 4.23. The minimum absolute atomic E-state index is 0. The van der Waals surface area contributed by atoms with Gasteiger partial charge in [0.2, 0.25) is 0 Å². The fourth-order valence-electron chi connectivity index (χ4n) is 1.32. The van der Waals surface area contributed by atoms with E-state index in [9.17, 15) is 0 Å². The van der Waals surface area contributed by atoms with E-state index in [0.29, 0.717) is 5.92 Å². The molecular weight excluding hydrogens is 326 g/mol. The fourth-order valence-corrected chi connectivity index (χ4v) is 2.02. The normalized spacial score (nSPS) is 17.9. The smallest absolute Gasteiger partial charge is 1.00 e. The molecule has 0 N–H and O–H groups in total. The van der Waals surface area contributed by atoms with E-state index in [1.54, 1.807) is 11.3 Å². The molecule has 1 heterocycles. The first kappa shape index (κ1) is 18.0. The topological polar surface area (TPSA) is 0 Å². The van der Waals surface area contributed by atoms with Gasteiger partial charge in [0.1, 0.15) is 0 Å². The molecule has 1 atom stereocenters. The summed E-state index contributed by atoms with van der Waals surface area (Å²) in [7, 11) is 0. The standard InChI is InChI=1S/C11H11S.2ClH.Zr/c1-8-6-10(7-9(8)2)11-4-3-5-12-11;;;/h3-6,9H,1-2H3;2*1H;/q-1;;;+3/p-2. The monoisotopic (exact) mass is 335 g/mol. The Balaban J connectivity index is 0. The molecule has 0 fully saturated rings. The molecule has 1 aromatic heterocycles. The molecule has 0 saturated carbocycles. The molecule has 2 rings (SSSR count). The van der Waals surface area contributed by atoms with Gasteiger partial charge in [-0.05, 0) is 5.38 Å². The first-order chi connectivity index (χ1) is 5.77. The van der Waals surface area contributed by atoms with Crippen LogP contribution in [0.3, 0.4) is 0 Å². The van der Waals surface area contributed by atoms with E-state index in [1.165, 1.54) is 16.0 Å². The van der Waals surface area contributed by atoms with Crippen LogP contribution in [0.25, 0.3) is 5.57 Å². The third-order valence-corrected chi connectivity index (χ3v) is 3.12. The van der Waals surface area contributed by atoms with E-state index in [0.717, 1.165) is 0 Å². The number of rotatable bonds is 1. The number of hydrogen-bond donors (Lipinski definition) is 0. The van der Waals surface area contributed by atoms with Gasteiger partial charge in [-0.2, -0.15) is 17.7 Å². The summed E-state index contributed by atoms with van der Waals surface area (Å²) in [5.74, 6) is 0.502. The Morgan fingerprint density at radius 2 is 2.00 bits per heavy atom. The van der Waals surface area contributed by atoms with Gasteiger partial charge in [0.05, 0.1) is 0 Å². The maximum Gasteiger partial charge on any atom is 3.00 e. The van der Waals surface area contributed by atoms with Crippen molar-refractivity contribution in [3.05, 3.63) is 40.1 Å². The average Bonchev–Trinajstić information content (AvgIpc) is 2.61. The van der Waals surface area contributed by atoms with Gasteiger partial charge in [0, 0.05) is 0 Å². The Kier molecular flexibility index (Phi) is 9.42. The van der Waals surface area contributed by atoms with Crippen molar-refractivity contribution < 1.29 is 51.0 Å². The minimum atomic E-state index is 0. The summed E-state index contributed by atoms with van der Waals surface area (Å²) in [5, 5.41) is 2.11. The molecule has 0 saturated heterocycles. The van der Waals surface area contributed by atoms with Crippen LogP contribution in [0.5, 0.6) is 0 Å². The van der Waals surface area contributed by atoms with Crippen LogP contribution in [0.2, 0.25) is 0 Å². The van der Waals surface area contributed by atoms with Gasteiger partial charge in [-0.15, -0.1) is 11.6 Å². The zero-order valence-electron chi connectivity index (χ0n) is 8.55. The second-order valence-corrected chi connectivity index (χ2v) is 4.09. The molecule has 0 amide bonds. The molecule has 0 aliphatic heterocycles. The molecule has 1 aliphatic carbocycles. The quantitative estimate of drug-likeness (QED) is 0.499. The summed E-state index contributed by atoms with van der Waals surface area (Å²) < 4.78 is 0. The summed E-state index contributed by atoms with van der Waals surface area (Å²) in [4.78, 5) is 1.33. The zero-order valence-corrected chi connectivity index (χ0v) is 13.3. The second kappa shape index (κ2) is 7.84. The molecule has 0 nitrogen and oxygen atoms in total. The predicted molar refractivity (Wildman–Crippen MR) is 53.9 cm³/mol. The minimum Gasteiger partial charge on any atom is -1.00 e. The Hall–Kier alpha value is 0.643. The van der Waals surface area contributed by atoms with Gasteiger partial charge in [0.25, 0.3) is 0 Å². The first-order valence-corrected chi connectivity index (χ1v) is 5.01. The molecule has 15 heavy (non-hydrogen) atoms. The van der Waals surface area contributed by atoms with Gasteiger partial charge in [-0.1, -0.05) is 30.7 Å². The molecule has 1 aromatic rings. The van der Waals surface area contributed by atoms with Gasteiger partial charge >= 0.3 is 26.2 Å². The van der Waals surface area contributed by atoms with Gasteiger partial charge in [-0.25, -0.2) is 11.3 Å². The Morgan fingerprint density at radius 1 is 1.33 bits per heavy atom. The molecule has 0 aromatic carbocycles. The van der Waals surface area contributed by atoms with E-state index < -0.39 is 0 Å². The van der Waals surface area contributed by atoms with Crippen molar-refractivity contribution >= 4 is 16.9 Å². The van der Waals surface area contributed by atoms with Crippen LogP contribution in [0.15, 0.2) is 29.2 Å². The largest absolute Gasteiger partial charge is 3.00 e. The van der Waals surface area contributed by atoms with E-state index in [-0.39, 0.29) is 51.0 Å². The predicted octanol–water partition coefficient (Wildman–Crippen LogP) is -2.46. The third-order valence-electron chi connectivity index (χ3n) is 2.21. The van der Waals surface area contributed by atoms with Crippen LogP contribution in [-0.4, -0.2) is 0 Å². The van der Waals surface area contributed by atoms with Crippen molar-refractivity contribution in [2.45, 2.75) is 13.8 Å². The van der Waals surface area contributed by atoms with Crippen molar-refractivity contribution in [3.8, 4) is 0 Å². The Bertz CT molecular complexity index is 341. The van der Waals surface area contributed by atoms with Crippen LogP contribution in [0.4, 0.5) is 0 Å². The van der Waals surface area contributed by atoms with Crippen molar-refractivity contribution in [2.75, 3.05) is 0 Å². The molecule has 1 radical (unpaired) electrons. The number of halogens is 2. The van der Waals surface area contributed by atoms with E-state index in [1.807, 2.05) is 0 Å². The second-order valence-electron chi connectivity index (χ2n) is 3.15. The average molecular weight is 337 g/mol. The van der Waals surface area contributed by atoms with Crippen molar-refractivity contribution in [1.29, 1.82) is 0 Å². The molecule has 0 bridgehead atoms. The van der Waals surface area contributed by atoms with Crippen molar-refractivity contribution in [3.63, 3.8) is 0 Å². The van der Waals surface area contributed by atoms with Crippen molar-refractivity contribution in [1.82, 2.24) is 0 Å². The fraction of sp³-hybridized carbons (Fsp3) is 0.273. The van der Waals surface area contributed by atoms with Crippen LogP contribution in [0.1, 0.15) is 18.7 Å². The van der Waals surface area contributed by atoms with Gasteiger partial charge in [-0.3, -0.25) is 0 Å².